The van der Waals surface area contributed by atoms with Gasteiger partial charge in [-0.3, -0.25) is 0 Å². The van der Waals surface area contributed by atoms with Gasteiger partial charge in [-0.05, 0) is 55.8 Å². The molecule has 2 aliphatic rings. The van der Waals surface area contributed by atoms with Crippen LogP contribution in [0, 0.1) is 5.92 Å². The predicted octanol–water partition coefficient (Wildman–Crippen LogP) is 4.73. The van der Waals surface area contributed by atoms with Crippen molar-refractivity contribution in [2.75, 3.05) is 13.2 Å². The maximum atomic E-state index is 6.19. The minimum Gasteiger partial charge on any atom is -0.375 e. The predicted molar refractivity (Wildman–Crippen MR) is 87.7 cm³/mol. The van der Waals surface area contributed by atoms with Crippen molar-refractivity contribution in [2.45, 2.75) is 57.1 Å². The van der Waals surface area contributed by atoms with Crippen molar-refractivity contribution in [3.8, 4) is 0 Å². The van der Waals surface area contributed by atoms with Gasteiger partial charge in [-0.25, -0.2) is 0 Å². The molecule has 3 rings (SSSR count). The van der Waals surface area contributed by atoms with E-state index >= 15 is 0 Å². The average Bonchev–Trinajstić information content (AvgIpc) is 2.94. The normalized spacial score (nSPS) is 26.1. The van der Waals surface area contributed by atoms with Crippen molar-refractivity contribution in [1.82, 2.24) is 5.32 Å². The lowest BCUT2D eigenvalue weighted by Gasteiger charge is -2.41. The highest BCUT2D eigenvalue weighted by atomic mass is 35.5. The van der Waals surface area contributed by atoms with E-state index in [1.165, 1.54) is 37.7 Å². The summed E-state index contributed by atoms with van der Waals surface area (Å²) in [6.45, 7) is 4.10. The van der Waals surface area contributed by atoms with Gasteiger partial charge in [-0.2, -0.15) is 0 Å². The highest BCUT2D eigenvalue weighted by Gasteiger charge is 2.42. The van der Waals surface area contributed by atoms with Crippen LogP contribution in [0.2, 0.25) is 5.02 Å². The lowest BCUT2D eigenvalue weighted by atomic mass is 9.78. The van der Waals surface area contributed by atoms with Gasteiger partial charge in [0.25, 0.3) is 0 Å². The number of rotatable bonds is 4. The fourth-order valence-corrected chi connectivity index (χ4v) is 4.29. The summed E-state index contributed by atoms with van der Waals surface area (Å²) in [7, 11) is 0. The van der Waals surface area contributed by atoms with Crippen LogP contribution in [0.25, 0.3) is 0 Å². The van der Waals surface area contributed by atoms with E-state index in [0.29, 0.717) is 12.0 Å². The molecule has 0 radical (unpaired) electrons. The number of nitrogens with one attached hydrogen (secondary N) is 1. The van der Waals surface area contributed by atoms with Gasteiger partial charge in [-0.15, -0.1) is 0 Å². The highest BCUT2D eigenvalue weighted by molar-refractivity contribution is 6.30. The Kier molecular flexibility index (Phi) is 4.88. The Bertz CT molecular complexity index is 453. The van der Waals surface area contributed by atoms with Crippen LogP contribution in [0.3, 0.4) is 0 Å². The quantitative estimate of drug-likeness (QED) is 0.868. The summed E-state index contributed by atoms with van der Waals surface area (Å²) < 4.78 is 6.19. The Balaban J connectivity index is 1.78. The van der Waals surface area contributed by atoms with Crippen molar-refractivity contribution < 1.29 is 4.74 Å². The Labute approximate surface area is 133 Å². The topological polar surface area (TPSA) is 21.3 Å². The van der Waals surface area contributed by atoms with Gasteiger partial charge < -0.3 is 10.1 Å². The number of halogens is 1. The number of hydrogen-bond donors (Lipinski definition) is 1. The van der Waals surface area contributed by atoms with Gasteiger partial charge in [0.2, 0.25) is 0 Å². The summed E-state index contributed by atoms with van der Waals surface area (Å²) in [5.74, 6) is 0.665. The third kappa shape index (κ3) is 3.44. The summed E-state index contributed by atoms with van der Waals surface area (Å²) in [6, 6.07) is 8.78. The third-order valence-electron chi connectivity index (χ3n) is 5.17. The van der Waals surface area contributed by atoms with Gasteiger partial charge in [-0.1, -0.05) is 43.5 Å². The molecule has 1 spiro atoms. The lowest BCUT2D eigenvalue weighted by molar-refractivity contribution is -0.0981. The molecule has 2 unspecified atom stereocenters. The number of hydrogen-bond acceptors (Lipinski definition) is 2. The smallest absolute Gasteiger partial charge is 0.0686 e. The van der Waals surface area contributed by atoms with Crippen LogP contribution < -0.4 is 5.32 Å². The molecule has 1 aromatic rings. The standard InChI is InChI=1S/C18H26ClNO/c1-2-20-17(14-5-7-16(19)8-6-14)15-9-12-21-18(13-15)10-3-4-11-18/h5-8,15,17,20H,2-4,9-13H2,1H3. The second kappa shape index (κ2) is 6.68. The van der Waals surface area contributed by atoms with Crippen molar-refractivity contribution in [1.29, 1.82) is 0 Å². The van der Waals surface area contributed by atoms with E-state index in [1.54, 1.807) is 0 Å². The SMILES string of the molecule is CCNC(c1ccc(Cl)cc1)C1CCOC2(CCCC2)C1. The summed E-state index contributed by atoms with van der Waals surface area (Å²) >= 11 is 6.04. The Hall–Kier alpha value is -0.570. The van der Waals surface area contributed by atoms with Crippen molar-refractivity contribution >= 4 is 11.6 Å². The zero-order valence-electron chi connectivity index (χ0n) is 12.9. The third-order valence-corrected chi connectivity index (χ3v) is 5.42. The maximum absolute atomic E-state index is 6.19. The molecule has 1 N–H and O–H groups in total. The summed E-state index contributed by atoms with van der Waals surface area (Å²) in [5, 5.41) is 4.51. The Morgan fingerprint density at radius 1 is 1.29 bits per heavy atom. The van der Waals surface area contributed by atoms with E-state index in [-0.39, 0.29) is 5.60 Å². The maximum Gasteiger partial charge on any atom is 0.0686 e. The van der Waals surface area contributed by atoms with Crippen molar-refractivity contribution in [3.05, 3.63) is 34.9 Å². The van der Waals surface area contributed by atoms with Gasteiger partial charge in [0, 0.05) is 17.7 Å². The van der Waals surface area contributed by atoms with E-state index in [9.17, 15) is 0 Å². The minimum atomic E-state index is 0.184. The second-order valence-electron chi connectivity index (χ2n) is 6.58. The summed E-state index contributed by atoms with van der Waals surface area (Å²) in [6.07, 6.45) is 7.53. The van der Waals surface area contributed by atoms with Crippen LogP contribution in [-0.2, 0) is 4.74 Å². The molecular weight excluding hydrogens is 282 g/mol. The fourth-order valence-electron chi connectivity index (χ4n) is 4.16. The van der Waals surface area contributed by atoms with E-state index in [0.717, 1.165) is 24.6 Å². The van der Waals surface area contributed by atoms with Gasteiger partial charge >= 0.3 is 0 Å². The number of ether oxygens (including phenoxy) is 1. The zero-order chi connectivity index (χ0) is 14.7. The monoisotopic (exact) mass is 307 g/mol. The molecule has 1 saturated heterocycles. The van der Waals surface area contributed by atoms with Crippen LogP contribution in [0.15, 0.2) is 24.3 Å². The first-order valence-corrected chi connectivity index (χ1v) is 8.73. The fraction of sp³-hybridized carbons (Fsp3) is 0.667. The van der Waals surface area contributed by atoms with E-state index in [4.69, 9.17) is 16.3 Å². The van der Waals surface area contributed by atoms with Gasteiger partial charge in [0.05, 0.1) is 5.60 Å². The van der Waals surface area contributed by atoms with Crippen LogP contribution in [0.1, 0.15) is 57.1 Å². The molecule has 1 saturated carbocycles. The molecule has 2 nitrogen and oxygen atoms in total. The molecule has 0 amide bonds. The van der Waals surface area contributed by atoms with E-state index in [1.807, 2.05) is 12.1 Å². The molecule has 1 heterocycles. The van der Waals surface area contributed by atoms with Crippen LogP contribution in [0.4, 0.5) is 0 Å². The molecule has 2 atom stereocenters. The molecule has 1 aromatic carbocycles. The first-order valence-electron chi connectivity index (χ1n) is 8.35. The van der Waals surface area contributed by atoms with Crippen LogP contribution >= 0.6 is 11.6 Å². The average molecular weight is 308 g/mol. The first kappa shape index (κ1) is 15.3. The molecule has 1 aliphatic heterocycles. The Morgan fingerprint density at radius 3 is 2.67 bits per heavy atom. The first-order chi connectivity index (χ1) is 10.2. The molecule has 21 heavy (non-hydrogen) atoms. The van der Waals surface area contributed by atoms with E-state index < -0.39 is 0 Å². The number of benzene rings is 1. The van der Waals surface area contributed by atoms with Crippen LogP contribution in [-0.4, -0.2) is 18.8 Å². The molecular formula is C18H26ClNO. The molecule has 1 aliphatic carbocycles. The van der Waals surface area contributed by atoms with Gasteiger partial charge in [0.1, 0.15) is 0 Å². The lowest BCUT2D eigenvalue weighted by Crippen LogP contribution is -2.42. The zero-order valence-corrected chi connectivity index (χ0v) is 13.7. The Morgan fingerprint density at radius 2 is 2.00 bits per heavy atom. The van der Waals surface area contributed by atoms with Gasteiger partial charge in [0.15, 0.2) is 0 Å². The molecule has 3 heteroatoms. The molecule has 0 bridgehead atoms. The van der Waals surface area contributed by atoms with E-state index in [2.05, 4.69) is 24.4 Å². The summed E-state index contributed by atoms with van der Waals surface area (Å²) in [4.78, 5) is 0. The second-order valence-corrected chi connectivity index (χ2v) is 7.01. The minimum absolute atomic E-state index is 0.184. The summed E-state index contributed by atoms with van der Waals surface area (Å²) in [5.41, 5.74) is 1.55. The molecule has 0 aromatic heterocycles. The molecule has 2 fully saturated rings. The molecule has 116 valence electrons. The van der Waals surface area contributed by atoms with Crippen molar-refractivity contribution in [2.24, 2.45) is 5.92 Å². The van der Waals surface area contributed by atoms with Crippen LogP contribution in [0.5, 0.6) is 0 Å². The van der Waals surface area contributed by atoms with Crippen molar-refractivity contribution in [3.63, 3.8) is 0 Å². The highest BCUT2D eigenvalue weighted by Crippen LogP contribution is 2.45. The largest absolute Gasteiger partial charge is 0.375 e.